The Balaban J connectivity index is 1.76. The molecular formula is C23H16N2O. The van der Waals surface area contributed by atoms with Crippen LogP contribution in [-0.4, -0.2) is 5.78 Å². The minimum Gasteiger partial charge on any atom is -0.289 e. The second-order valence-corrected chi connectivity index (χ2v) is 5.91. The third kappa shape index (κ3) is 3.15. The average molecular weight is 336 g/mol. The van der Waals surface area contributed by atoms with Crippen LogP contribution in [0.2, 0.25) is 0 Å². The molecule has 0 unspecified atom stereocenters. The molecule has 26 heavy (non-hydrogen) atoms. The maximum absolute atomic E-state index is 13.2. The van der Waals surface area contributed by atoms with Crippen molar-refractivity contribution in [3.8, 4) is 0 Å². The molecule has 0 saturated heterocycles. The van der Waals surface area contributed by atoms with Gasteiger partial charge in [0.1, 0.15) is 0 Å². The van der Waals surface area contributed by atoms with Gasteiger partial charge < -0.3 is 0 Å². The van der Waals surface area contributed by atoms with Crippen molar-refractivity contribution in [3.63, 3.8) is 0 Å². The lowest BCUT2D eigenvalue weighted by molar-refractivity contribution is 0.104. The lowest BCUT2D eigenvalue weighted by Crippen LogP contribution is -2.02. The van der Waals surface area contributed by atoms with Crippen LogP contribution in [0.5, 0.6) is 0 Å². The molecule has 0 aliphatic rings. The Kier molecular flexibility index (Phi) is 4.35. The second-order valence-electron chi connectivity index (χ2n) is 5.91. The molecule has 3 heteroatoms. The lowest BCUT2D eigenvalue weighted by atomic mass is 9.96. The zero-order chi connectivity index (χ0) is 17.8. The van der Waals surface area contributed by atoms with Gasteiger partial charge in [0.25, 0.3) is 0 Å². The van der Waals surface area contributed by atoms with Gasteiger partial charge in [0, 0.05) is 5.56 Å². The molecule has 4 aromatic rings. The third-order valence-corrected chi connectivity index (χ3v) is 4.21. The van der Waals surface area contributed by atoms with E-state index in [0.717, 1.165) is 16.5 Å². The minimum absolute atomic E-state index is 0.0515. The van der Waals surface area contributed by atoms with Crippen molar-refractivity contribution in [2.45, 2.75) is 0 Å². The predicted octanol–water partition coefficient (Wildman–Crippen LogP) is 6.49. The zero-order valence-electron chi connectivity index (χ0n) is 14.0. The molecule has 0 spiro atoms. The summed E-state index contributed by atoms with van der Waals surface area (Å²) in [5.41, 5.74) is 2.53. The number of hydrogen-bond acceptors (Lipinski definition) is 3. The molecule has 4 rings (SSSR count). The van der Waals surface area contributed by atoms with E-state index in [2.05, 4.69) is 10.2 Å². The highest BCUT2D eigenvalue weighted by Crippen LogP contribution is 2.27. The Morgan fingerprint density at radius 3 is 2.12 bits per heavy atom. The third-order valence-electron chi connectivity index (χ3n) is 4.21. The van der Waals surface area contributed by atoms with E-state index >= 15 is 0 Å². The summed E-state index contributed by atoms with van der Waals surface area (Å²) in [5, 5.41) is 10.5. The lowest BCUT2D eigenvalue weighted by Gasteiger charge is -2.07. The highest BCUT2D eigenvalue weighted by atomic mass is 16.1. The molecule has 0 aliphatic carbocycles. The van der Waals surface area contributed by atoms with Crippen LogP contribution in [0.25, 0.3) is 10.8 Å². The van der Waals surface area contributed by atoms with E-state index in [1.807, 2.05) is 91.0 Å². The van der Waals surface area contributed by atoms with Gasteiger partial charge >= 0.3 is 0 Å². The first-order chi connectivity index (χ1) is 12.8. The molecule has 4 aromatic carbocycles. The number of hydrogen-bond donors (Lipinski definition) is 0. The van der Waals surface area contributed by atoms with E-state index in [-0.39, 0.29) is 5.78 Å². The molecule has 0 fully saturated rings. The molecule has 0 aromatic heterocycles. The Labute approximate surface area is 151 Å². The highest BCUT2D eigenvalue weighted by molar-refractivity contribution is 6.18. The summed E-state index contributed by atoms with van der Waals surface area (Å²) < 4.78 is 0. The van der Waals surface area contributed by atoms with Gasteiger partial charge in [0.15, 0.2) is 5.78 Å². The summed E-state index contributed by atoms with van der Waals surface area (Å²) in [6.45, 7) is 0. The van der Waals surface area contributed by atoms with Crippen LogP contribution in [0, 0.1) is 0 Å². The van der Waals surface area contributed by atoms with Crippen LogP contribution >= 0.6 is 0 Å². The fourth-order valence-electron chi connectivity index (χ4n) is 2.93. The summed E-state index contributed by atoms with van der Waals surface area (Å²) >= 11 is 0. The van der Waals surface area contributed by atoms with Gasteiger partial charge in [0.05, 0.1) is 16.9 Å². The number of rotatable bonds is 4. The molecular weight excluding hydrogens is 320 g/mol. The molecule has 124 valence electrons. The molecule has 0 N–H and O–H groups in total. The number of azo groups is 1. The number of ketones is 1. The van der Waals surface area contributed by atoms with Gasteiger partial charge in [0.2, 0.25) is 0 Å². The van der Waals surface area contributed by atoms with Crippen molar-refractivity contribution in [1.82, 2.24) is 0 Å². The average Bonchev–Trinajstić information content (AvgIpc) is 2.72. The normalized spacial score (nSPS) is 11.1. The first kappa shape index (κ1) is 15.9. The van der Waals surface area contributed by atoms with Gasteiger partial charge in [-0.2, -0.15) is 5.11 Å². The van der Waals surface area contributed by atoms with Crippen LogP contribution in [0.15, 0.2) is 107 Å². The summed E-state index contributed by atoms with van der Waals surface area (Å²) in [4.78, 5) is 13.2. The molecule has 0 saturated carbocycles. The summed E-state index contributed by atoms with van der Waals surface area (Å²) in [7, 11) is 0. The predicted molar refractivity (Wildman–Crippen MR) is 104 cm³/mol. The van der Waals surface area contributed by atoms with Crippen LogP contribution in [0.1, 0.15) is 15.9 Å². The van der Waals surface area contributed by atoms with Gasteiger partial charge in [-0.05, 0) is 35.0 Å². The first-order valence-corrected chi connectivity index (χ1v) is 8.41. The second kappa shape index (κ2) is 7.11. The Bertz CT molecular complexity index is 1100. The molecule has 0 bridgehead atoms. The molecule has 0 radical (unpaired) electrons. The van der Waals surface area contributed by atoms with E-state index in [4.69, 9.17) is 0 Å². The van der Waals surface area contributed by atoms with Gasteiger partial charge in [-0.25, -0.2) is 0 Å². The maximum Gasteiger partial charge on any atom is 0.195 e. The van der Waals surface area contributed by atoms with E-state index < -0.39 is 0 Å². The number of carbonyl (C=O) groups is 1. The summed E-state index contributed by atoms with van der Waals surface area (Å²) in [5.74, 6) is -0.0515. The van der Waals surface area contributed by atoms with Crippen molar-refractivity contribution in [1.29, 1.82) is 0 Å². The first-order valence-electron chi connectivity index (χ1n) is 8.41. The standard InChI is InChI=1S/C23H16N2O/c26-23(20-15-8-10-17-9-4-5-13-19(17)20)21-14-6-7-16-22(21)25-24-18-11-2-1-3-12-18/h1-16H. The van der Waals surface area contributed by atoms with E-state index in [0.29, 0.717) is 16.8 Å². The monoisotopic (exact) mass is 336 g/mol. The fourth-order valence-corrected chi connectivity index (χ4v) is 2.93. The van der Waals surface area contributed by atoms with Crippen molar-refractivity contribution in [2.24, 2.45) is 10.2 Å². The number of fused-ring (bicyclic) bond motifs is 1. The molecule has 0 heterocycles. The van der Waals surface area contributed by atoms with E-state index in [9.17, 15) is 4.79 Å². The number of nitrogens with zero attached hydrogens (tertiary/aromatic N) is 2. The Morgan fingerprint density at radius 2 is 1.23 bits per heavy atom. The summed E-state index contributed by atoms with van der Waals surface area (Å²) in [6.07, 6.45) is 0. The quantitative estimate of drug-likeness (QED) is 0.310. The van der Waals surface area contributed by atoms with Crippen LogP contribution < -0.4 is 0 Å². The van der Waals surface area contributed by atoms with Crippen LogP contribution in [0.4, 0.5) is 11.4 Å². The van der Waals surface area contributed by atoms with Gasteiger partial charge in [-0.1, -0.05) is 72.8 Å². The SMILES string of the molecule is O=C(c1ccccc1N=Nc1ccccc1)c1cccc2ccccc12. The molecule has 0 amide bonds. The Hall–Kier alpha value is -3.59. The number of carbonyl (C=O) groups excluding carboxylic acids is 1. The van der Waals surface area contributed by atoms with Crippen LogP contribution in [0.3, 0.4) is 0 Å². The van der Waals surface area contributed by atoms with Crippen molar-refractivity contribution < 1.29 is 4.79 Å². The van der Waals surface area contributed by atoms with E-state index in [1.165, 1.54) is 0 Å². The summed E-state index contributed by atoms with van der Waals surface area (Å²) in [6, 6.07) is 30.5. The van der Waals surface area contributed by atoms with Crippen molar-refractivity contribution in [2.75, 3.05) is 0 Å². The van der Waals surface area contributed by atoms with Gasteiger partial charge in [-0.3, -0.25) is 4.79 Å². The van der Waals surface area contributed by atoms with Gasteiger partial charge in [-0.15, -0.1) is 5.11 Å². The topological polar surface area (TPSA) is 41.8 Å². The molecule has 0 aliphatic heterocycles. The van der Waals surface area contributed by atoms with Crippen molar-refractivity contribution in [3.05, 3.63) is 108 Å². The minimum atomic E-state index is -0.0515. The smallest absolute Gasteiger partial charge is 0.195 e. The van der Waals surface area contributed by atoms with Crippen LogP contribution in [-0.2, 0) is 0 Å². The largest absolute Gasteiger partial charge is 0.289 e. The molecule has 3 nitrogen and oxygen atoms in total. The Morgan fingerprint density at radius 1 is 0.577 bits per heavy atom. The fraction of sp³-hybridized carbons (Fsp3) is 0. The maximum atomic E-state index is 13.2. The highest BCUT2D eigenvalue weighted by Gasteiger charge is 2.15. The van der Waals surface area contributed by atoms with E-state index in [1.54, 1.807) is 6.07 Å². The zero-order valence-corrected chi connectivity index (χ0v) is 14.0. The molecule has 0 atom stereocenters. The number of benzene rings is 4. The van der Waals surface area contributed by atoms with Crippen molar-refractivity contribution >= 4 is 27.9 Å².